The van der Waals surface area contributed by atoms with Crippen LogP contribution in [0.4, 0.5) is 0 Å². The van der Waals surface area contributed by atoms with Gasteiger partial charge in [-0.05, 0) is 42.7 Å². The number of hydrogen-bond acceptors (Lipinski definition) is 4. The maximum Gasteiger partial charge on any atom is 0.266 e. The highest BCUT2D eigenvalue weighted by molar-refractivity contribution is 7.21. The van der Waals surface area contributed by atoms with Crippen LogP contribution in [0.25, 0.3) is 10.1 Å². The van der Waals surface area contributed by atoms with Crippen LogP contribution in [0.1, 0.15) is 33.8 Å². The maximum absolute atomic E-state index is 13.3. The van der Waals surface area contributed by atoms with E-state index in [9.17, 15) is 4.79 Å². The molecule has 0 aliphatic carbocycles. The molecule has 0 bridgehead atoms. The van der Waals surface area contributed by atoms with Gasteiger partial charge in [-0.25, -0.2) is 0 Å². The Hall–Kier alpha value is -2.24. The van der Waals surface area contributed by atoms with Crippen molar-refractivity contribution in [2.45, 2.75) is 19.4 Å². The van der Waals surface area contributed by atoms with E-state index in [1.807, 2.05) is 48.2 Å². The van der Waals surface area contributed by atoms with Crippen molar-refractivity contribution >= 4 is 38.9 Å². The molecule has 4 rings (SSSR count). The molecular weight excluding hydrogens is 382 g/mol. The molecule has 4 nitrogen and oxygen atoms in total. The summed E-state index contributed by atoms with van der Waals surface area (Å²) in [6, 6.07) is 11.8. The zero-order valence-electron chi connectivity index (χ0n) is 15.4. The fourth-order valence-electron chi connectivity index (χ4n) is 3.70. The van der Waals surface area contributed by atoms with Gasteiger partial charge < -0.3 is 14.4 Å². The highest BCUT2D eigenvalue weighted by atomic mass is 35.5. The van der Waals surface area contributed by atoms with Gasteiger partial charge in [0.25, 0.3) is 5.91 Å². The van der Waals surface area contributed by atoms with Crippen molar-refractivity contribution in [1.29, 1.82) is 0 Å². The molecule has 0 saturated carbocycles. The fourth-order valence-corrected chi connectivity index (χ4v) is 5.17. The molecular formula is C21H20ClNO3S. The number of rotatable bonds is 3. The molecule has 1 aromatic heterocycles. The number of carbonyl (C=O) groups excluding carboxylic acids is 1. The second-order valence-corrected chi connectivity index (χ2v) is 8.00. The topological polar surface area (TPSA) is 38.8 Å². The third-order valence-corrected chi connectivity index (χ3v) is 6.84. The van der Waals surface area contributed by atoms with Crippen LogP contribution in [0.15, 0.2) is 36.4 Å². The molecule has 2 heterocycles. The molecule has 1 amide bonds. The van der Waals surface area contributed by atoms with Gasteiger partial charge >= 0.3 is 0 Å². The van der Waals surface area contributed by atoms with Gasteiger partial charge in [0.2, 0.25) is 0 Å². The average Bonchev–Trinajstić information content (AvgIpc) is 3.04. The van der Waals surface area contributed by atoms with Gasteiger partial charge in [0, 0.05) is 16.6 Å². The van der Waals surface area contributed by atoms with Gasteiger partial charge in [-0.2, -0.15) is 0 Å². The van der Waals surface area contributed by atoms with Gasteiger partial charge in [-0.1, -0.05) is 29.8 Å². The van der Waals surface area contributed by atoms with Crippen molar-refractivity contribution in [2.24, 2.45) is 0 Å². The predicted molar refractivity (Wildman–Crippen MR) is 110 cm³/mol. The Bertz CT molecular complexity index is 1030. The zero-order chi connectivity index (χ0) is 19.1. The van der Waals surface area contributed by atoms with E-state index in [-0.39, 0.29) is 11.9 Å². The Labute approximate surface area is 167 Å². The van der Waals surface area contributed by atoms with Crippen LogP contribution in [0.2, 0.25) is 5.02 Å². The summed E-state index contributed by atoms with van der Waals surface area (Å²) < 4.78 is 11.9. The minimum absolute atomic E-state index is 0.0193. The van der Waals surface area contributed by atoms with Crippen molar-refractivity contribution in [1.82, 2.24) is 4.90 Å². The van der Waals surface area contributed by atoms with Crippen LogP contribution < -0.4 is 9.47 Å². The molecule has 0 unspecified atom stereocenters. The number of ether oxygens (including phenoxy) is 2. The van der Waals surface area contributed by atoms with Crippen LogP contribution in [0.3, 0.4) is 0 Å². The summed E-state index contributed by atoms with van der Waals surface area (Å²) in [6.45, 7) is 2.69. The van der Waals surface area contributed by atoms with Crippen LogP contribution >= 0.6 is 22.9 Å². The average molecular weight is 402 g/mol. The minimum atomic E-state index is -0.0673. The molecule has 0 radical (unpaired) electrons. The van der Waals surface area contributed by atoms with Crippen molar-refractivity contribution in [3.05, 3.63) is 57.4 Å². The number of nitrogens with zero attached hydrogens (tertiary/aromatic N) is 1. The number of benzene rings is 2. The van der Waals surface area contributed by atoms with E-state index in [1.165, 1.54) is 16.9 Å². The molecule has 27 heavy (non-hydrogen) atoms. The zero-order valence-corrected chi connectivity index (χ0v) is 17.0. The summed E-state index contributed by atoms with van der Waals surface area (Å²) in [5.74, 6) is 1.38. The summed E-state index contributed by atoms with van der Waals surface area (Å²) in [5, 5.41) is 1.48. The Morgan fingerprint density at radius 3 is 2.59 bits per heavy atom. The molecule has 0 spiro atoms. The standard InChI is InChI=1S/C21H20ClNO3S/c1-12-15-11-17(26-3)16(25-2)10-13(15)8-9-23(12)21(24)20-19(22)14-6-4-5-7-18(14)27-20/h4-7,10-12H,8-9H2,1-3H3/t12-/m0/s1. The largest absolute Gasteiger partial charge is 0.493 e. The Kier molecular flexibility index (Phi) is 4.74. The van der Waals surface area contributed by atoms with Gasteiger partial charge in [0.15, 0.2) is 11.5 Å². The summed E-state index contributed by atoms with van der Waals surface area (Å²) in [6.07, 6.45) is 0.772. The molecule has 1 aliphatic heterocycles. The van der Waals surface area contributed by atoms with Gasteiger partial charge in [0.05, 0.1) is 25.3 Å². The van der Waals surface area contributed by atoms with E-state index in [1.54, 1.807) is 14.2 Å². The van der Waals surface area contributed by atoms with Crippen LogP contribution in [0, 0.1) is 0 Å². The molecule has 1 atom stereocenters. The van der Waals surface area contributed by atoms with Crippen LogP contribution in [0.5, 0.6) is 11.5 Å². The smallest absolute Gasteiger partial charge is 0.266 e. The van der Waals surface area contributed by atoms with Crippen LogP contribution in [-0.2, 0) is 6.42 Å². The van der Waals surface area contributed by atoms with Crippen molar-refractivity contribution in [3.63, 3.8) is 0 Å². The monoisotopic (exact) mass is 401 g/mol. The number of fused-ring (bicyclic) bond motifs is 2. The molecule has 140 valence electrons. The SMILES string of the molecule is COc1cc2c(cc1OC)[C@H](C)N(C(=O)c1sc3ccccc3c1Cl)CC2. The number of carbonyl (C=O) groups is 1. The summed E-state index contributed by atoms with van der Waals surface area (Å²) in [7, 11) is 3.26. The van der Waals surface area contributed by atoms with E-state index < -0.39 is 0 Å². The minimum Gasteiger partial charge on any atom is -0.493 e. The molecule has 6 heteroatoms. The number of hydrogen-bond donors (Lipinski definition) is 0. The third-order valence-electron chi connectivity index (χ3n) is 5.18. The second-order valence-electron chi connectivity index (χ2n) is 6.57. The normalized spacial score (nSPS) is 16.3. The van der Waals surface area contributed by atoms with Crippen molar-refractivity contribution in [2.75, 3.05) is 20.8 Å². The summed E-state index contributed by atoms with van der Waals surface area (Å²) in [4.78, 5) is 15.8. The van der Waals surface area contributed by atoms with E-state index in [4.69, 9.17) is 21.1 Å². The lowest BCUT2D eigenvalue weighted by molar-refractivity contribution is 0.0682. The third kappa shape index (κ3) is 2.95. The van der Waals surface area contributed by atoms with Crippen molar-refractivity contribution in [3.8, 4) is 11.5 Å². The van der Waals surface area contributed by atoms with E-state index in [0.717, 1.165) is 27.8 Å². The van der Waals surface area contributed by atoms with E-state index in [2.05, 4.69) is 0 Å². The number of methoxy groups -OCH3 is 2. The molecule has 0 saturated heterocycles. The molecule has 1 aliphatic rings. The van der Waals surface area contributed by atoms with E-state index >= 15 is 0 Å². The second kappa shape index (κ2) is 7.06. The molecule has 3 aromatic rings. The van der Waals surface area contributed by atoms with E-state index in [0.29, 0.717) is 22.2 Å². The fraction of sp³-hybridized carbons (Fsp3) is 0.286. The Balaban J connectivity index is 1.71. The Morgan fingerprint density at radius 2 is 1.89 bits per heavy atom. The first kappa shape index (κ1) is 18.1. The van der Waals surface area contributed by atoms with Crippen LogP contribution in [-0.4, -0.2) is 31.6 Å². The predicted octanol–water partition coefficient (Wildman–Crippen LogP) is 5.33. The Morgan fingerprint density at radius 1 is 1.19 bits per heavy atom. The maximum atomic E-state index is 13.3. The molecule has 0 N–H and O–H groups in total. The summed E-state index contributed by atoms with van der Waals surface area (Å²) in [5.41, 5.74) is 2.27. The molecule has 2 aromatic carbocycles. The summed E-state index contributed by atoms with van der Waals surface area (Å²) >= 11 is 7.99. The molecule has 0 fully saturated rings. The van der Waals surface area contributed by atoms with Gasteiger partial charge in [-0.15, -0.1) is 11.3 Å². The lowest BCUT2D eigenvalue weighted by atomic mass is 9.92. The highest BCUT2D eigenvalue weighted by Crippen LogP contribution is 2.41. The lowest BCUT2D eigenvalue weighted by Gasteiger charge is -2.35. The first-order valence-corrected chi connectivity index (χ1v) is 9.97. The van der Waals surface area contributed by atoms with Gasteiger partial charge in [-0.3, -0.25) is 4.79 Å². The highest BCUT2D eigenvalue weighted by Gasteiger charge is 2.31. The van der Waals surface area contributed by atoms with Crippen molar-refractivity contribution < 1.29 is 14.3 Å². The number of amides is 1. The van der Waals surface area contributed by atoms with Gasteiger partial charge in [0.1, 0.15) is 4.88 Å². The lowest BCUT2D eigenvalue weighted by Crippen LogP contribution is -2.38. The first-order chi connectivity index (χ1) is 13.0. The quantitative estimate of drug-likeness (QED) is 0.595. The first-order valence-electron chi connectivity index (χ1n) is 8.78. The number of halogens is 1. The number of thiophene rings is 1.